The van der Waals surface area contributed by atoms with E-state index in [1.54, 1.807) is 0 Å². The SMILES string of the molecule is CC(C)Oc1nc(NN)nc(N2CCC(CO)C2)n1. The van der Waals surface area contributed by atoms with Gasteiger partial charge >= 0.3 is 6.01 Å². The number of nitrogens with zero attached hydrogens (tertiary/aromatic N) is 4. The molecule has 1 aliphatic heterocycles. The summed E-state index contributed by atoms with van der Waals surface area (Å²) in [5.41, 5.74) is 2.41. The molecule has 0 bridgehead atoms. The number of nitrogens with one attached hydrogen (secondary N) is 1. The van der Waals surface area contributed by atoms with Gasteiger partial charge in [0.05, 0.1) is 6.10 Å². The van der Waals surface area contributed by atoms with Crippen LogP contribution < -0.4 is 20.9 Å². The molecule has 8 nitrogen and oxygen atoms in total. The van der Waals surface area contributed by atoms with Gasteiger partial charge in [-0.2, -0.15) is 15.0 Å². The largest absolute Gasteiger partial charge is 0.461 e. The van der Waals surface area contributed by atoms with E-state index in [4.69, 9.17) is 15.7 Å². The Hall–Kier alpha value is -1.67. The number of aliphatic hydroxyl groups excluding tert-OH is 1. The minimum Gasteiger partial charge on any atom is -0.461 e. The summed E-state index contributed by atoms with van der Waals surface area (Å²) in [6.45, 7) is 5.51. The first kappa shape index (κ1) is 13.8. The van der Waals surface area contributed by atoms with Crippen LogP contribution in [0.3, 0.4) is 0 Å². The van der Waals surface area contributed by atoms with Gasteiger partial charge in [-0.05, 0) is 20.3 Å². The average Bonchev–Trinajstić information content (AvgIpc) is 2.86. The fraction of sp³-hybridized carbons (Fsp3) is 0.727. The van der Waals surface area contributed by atoms with E-state index in [1.165, 1.54) is 0 Å². The second kappa shape index (κ2) is 5.98. The number of ether oxygens (including phenoxy) is 1. The smallest absolute Gasteiger partial charge is 0.323 e. The van der Waals surface area contributed by atoms with Crippen molar-refractivity contribution in [1.29, 1.82) is 0 Å². The Morgan fingerprint density at radius 1 is 1.47 bits per heavy atom. The lowest BCUT2D eigenvalue weighted by Crippen LogP contribution is -2.25. The molecule has 1 unspecified atom stereocenters. The van der Waals surface area contributed by atoms with Crippen LogP contribution in [0.4, 0.5) is 11.9 Å². The van der Waals surface area contributed by atoms with Gasteiger partial charge in [0.15, 0.2) is 0 Å². The van der Waals surface area contributed by atoms with Crippen molar-refractivity contribution in [3.05, 3.63) is 0 Å². The molecule has 2 heterocycles. The molecule has 2 rings (SSSR count). The topological polar surface area (TPSA) is 109 Å². The lowest BCUT2D eigenvalue weighted by Gasteiger charge is -2.17. The summed E-state index contributed by atoms with van der Waals surface area (Å²) < 4.78 is 5.48. The Kier molecular flexibility index (Phi) is 4.33. The quantitative estimate of drug-likeness (QED) is 0.496. The Morgan fingerprint density at radius 2 is 2.26 bits per heavy atom. The molecule has 0 aliphatic carbocycles. The van der Waals surface area contributed by atoms with Gasteiger partial charge in [-0.1, -0.05) is 0 Å². The van der Waals surface area contributed by atoms with Crippen LogP contribution >= 0.6 is 0 Å². The van der Waals surface area contributed by atoms with Gasteiger partial charge in [-0.15, -0.1) is 0 Å². The van der Waals surface area contributed by atoms with E-state index in [-0.39, 0.29) is 30.6 Å². The van der Waals surface area contributed by atoms with Gasteiger partial charge in [0.2, 0.25) is 11.9 Å². The van der Waals surface area contributed by atoms with Gasteiger partial charge in [0, 0.05) is 25.6 Å². The zero-order valence-corrected chi connectivity index (χ0v) is 11.2. The molecule has 1 atom stereocenters. The molecule has 1 aliphatic rings. The maximum absolute atomic E-state index is 9.17. The van der Waals surface area contributed by atoms with E-state index in [9.17, 15) is 0 Å². The molecule has 1 saturated heterocycles. The maximum Gasteiger partial charge on any atom is 0.323 e. The van der Waals surface area contributed by atoms with E-state index in [1.807, 2.05) is 18.7 Å². The first-order valence-corrected chi connectivity index (χ1v) is 6.37. The van der Waals surface area contributed by atoms with E-state index in [2.05, 4.69) is 20.4 Å². The van der Waals surface area contributed by atoms with E-state index < -0.39 is 0 Å². The number of hydrogen-bond acceptors (Lipinski definition) is 8. The van der Waals surface area contributed by atoms with E-state index >= 15 is 0 Å². The highest BCUT2D eigenvalue weighted by atomic mass is 16.5. The first-order chi connectivity index (χ1) is 9.12. The molecule has 8 heteroatoms. The zero-order valence-electron chi connectivity index (χ0n) is 11.2. The number of rotatable bonds is 5. The van der Waals surface area contributed by atoms with Crippen LogP contribution in [0.2, 0.25) is 0 Å². The Balaban J connectivity index is 2.19. The molecule has 0 amide bonds. The summed E-state index contributed by atoms with van der Waals surface area (Å²) in [6, 6.07) is 0.250. The molecule has 4 N–H and O–H groups in total. The Labute approximate surface area is 112 Å². The van der Waals surface area contributed by atoms with Gasteiger partial charge < -0.3 is 14.7 Å². The van der Waals surface area contributed by atoms with Crippen molar-refractivity contribution in [3.8, 4) is 6.01 Å². The van der Waals surface area contributed by atoms with Crippen molar-refractivity contribution in [2.24, 2.45) is 11.8 Å². The second-order valence-electron chi connectivity index (χ2n) is 4.84. The number of anilines is 2. The van der Waals surface area contributed by atoms with Crippen LogP contribution in [0.5, 0.6) is 6.01 Å². The molecule has 19 heavy (non-hydrogen) atoms. The third-order valence-corrected chi connectivity index (χ3v) is 2.90. The van der Waals surface area contributed by atoms with Crippen LogP contribution in [0.1, 0.15) is 20.3 Å². The summed E-state index contributed by atoms with van der Waals surface area (Å²) in [4.78, 5) is 14.5. The summed E-state index contributed by atoms with van der Waals surface area (Å²) in [7, 11) is 0. The summed E-state index contributed by atoms with van der Waals surface area (Å²) >= 11 is 0. The van der Waals surface area contributed by atoms with Crippen LogP contribution in [0.15, 0.2) is 0 Å². The number of nitrogens with two attached hydrogens (primary N) is 1. The Morgan fingerprint density at radius 3 is 2.84 bits per heavy atom. The number of hydrazine groups is 1. The molecule has 0 radical (unpaired) electrons. The number of hydrogen-bond donors (Lipinski definition) is 3. The third-order valence-electron chi connectivity index (χ3n) is 2.90. The molecular weight excluding hydrogens is 248 g/mol. The number of aromatic nitrogens is 3. The fourth-order valence-corrected chi connectivity index (χ4v) is 1.98. The first-order valence-electron chi connectivity index (χ1n) is 6.37. The van der Waals surface area contributed by atoms with Crippen molar-refractivity contribution in [3.63, 3.8) is 0 Å². The lowest BCUT2D eigenvalue weighted by atomic mass is 10.1. The van der Waals surface area contributed by atoms with Crippen molar-refractivity contribution in [1.82, 2.24) is 15.0 Å². The van der Waals surface area contributed by atoms with Crippen molar-refractivity contribution in [2.45, 2.75) is 26.4 Å². The molecule has 106 valence electrons. The van der Waals surface area contributed by atoms with E-state index in [0.717, 1.165) is 19.5 Å². The molecule has 0 spiro atoms. The average molecular weight is 268 g/mol. The minimum atomic E-state index is -0.0235. The predicted molar refractivity (Wildman–Crippen MR) is 70.8 cm³/mol. The van der Waals surface area contributed by atoms with E-state index in [0.29, 0.717) is 5.95 Å². The molecule has 1 fully saturated rings. The zero-order chi connectivity index (χ0) is 13.8. The minimum absolute atomic E-state index is 0.0235. The standard InChI is InChI=1S/C11H20N6O2/c1-7(2)19-11-14-9(16-12)13-10(15-11)17-4-3-8(5-17)6-18/h7-8,18H,3-6,12H2,1-2H3,(H,13,14,15,16). The number of aliphatic hydroxyl groups is 1. The van der Waals surface area contributed by atoms with Gasteiger partial charge in [-0.25, -0.2) is 5.84 Å². The summed E-state index contributed by atoms with van der Waals surface area (Å²) in [5, 5.41) is 9.17. The summed E-state index contributed by atoms with van der Waals surface area (Å²) in [6.07, 6.45) is 0.901. The van der Waals surface area contributed by atoms with Crippen LogP contribution in [-0.4, -0.2) is 45.9 Å². The predicted octanol–water partition coefficient (Wildman–Crippen LogP) is -0.237. The maximum atomic E-state index is 9.17. The normalized spacial score (nSPS) is 19.0. The molecular formula is C11H20N6O2. The Bertz CT molecular complexity index is 428. The highest BCUT2D eigenvalue weighted by molar-refractivity contribution is 5.38. The highest BCUT2D eigenvalue weighted by Crippen LogP contribution is 2.22. The van der Waals surface area contributed by atoms with Crippen molar-refractivity contribution < 1.29 is 9.84 Å². The second-order valence-corrected chi connectivity index (χ2v) is 4.84. The lowest BCUT2D eigenvalue weighted by molar-refractivity contribution is 0.222. The van der Waals surface area contributed by atoms with Crippen molar-refractivity contribution >= 4 is 11.9 Å². The van der Waals surface area contributed by atoms with Crippen LogP contribution in [-0.2, 0) is 0 Å². The van der Waals surface area contributed by atoms with Gasteiger partial charge in [-0.3, -0.25) is 5.43 Å². The fourth-order valence-electron chi connectivity index (χ4n) is 1.98. The van der Waals surface area contributed by atoms with Crippen LogP contribution in [0, 0.1) is 5.92 Å². The third kappa shape index (κ3) is 3.42. The van der Waals surface area contributed by atoms with Gasteiger partial charge in [0.25, 0.3) is 0 Å². The van der Waals surface area contributed by atoms with Crippen molar-refractivity contribution in [2.75, 3.05) is 30.0 Å². The molecule has 1 aromatic heterocycles. The monoisotopic (exact) mass is 268 g/mol. The molecule has 1 aromatic rings. The summed E-state index contributed by atoms with van der Waals surface area (Å²) in [5.74, 6) is 6.41. The molecule has 0 saturated carbocycles. The number of nitrogen functional groups attached to an aromatic ring is 1. The molecule has 0 aromatic carbocycles. The highest BCUT2D eigenvalue weighted by Gasteiger charge is 2.25. The van der Waals surface area contributed by atoms with Crippen LogP contribution in [0.25, 0.3) is 0 Å². The van der Waals surface area contributed by atoms with Gasteiger partial charge in [0.1, 0.15) is 0 Å².